The number of thiophene rings is 1. The number of carbonyl (C=O) groups excluding carboxylic acids is 2. The Kier molecular flexibility index (Phi) is 7.01. The summed E-state index contributed by atoms with van der Waals surface area (Å²) >= 11 is 4.65. The minimum Gasteiger partial charge on any atom is -0.494 e. The monoisotopic (exact) mass is 424 g/mol. The van der Waals surface area contributed by atoms with Crippen LogP contribution in [0.15, 0.2) is 40.2 Å². The second kappa shape index (κ2) is 9.01. The van der Waals surface area contributed by atoms with Gasteiger partial charge in [-0.25, -0.2) is 0 Å². The average Bonchev–Trinajstić information content (AvgIpc) is 3.02. The number of benzene rings is 1. The number of carbonyl (C=O) groups is 2. The molecule has 7 heteroatoms. The van der Waals surface area contributed by atoms with Crippen LogP contribution in [-0.4, -0.2) is 24.5 Å². The largest absolute Gasteiger partial charge is 0.494 e. The molecule has 1 aromatic heterocycles. The van der Waals surface area contributed by atoms with Crippen LogP contribution in [0.1, 0.15) is 42.0 Å². The van der Waals surface area contributed by atoms with Crippen LogP contribution in [0.3, 0.4) is 0 Å². The van der Waals surface area contributed by atoms with Crippen LogP contribution in [0.5, 0.6) is 5.75 Å². The fourth-order valence-electron chi connectivity index (χ4n) is 2.21. The highest BCUT2D eigenvalue weighted by molar-refractivity contribution is 9.11. The molecule has 0 spiro atoms. The van der Waals surface area contributed by atoms with Gasteiger partial charge in [0.05, 0.1) is 21.3 Å². The van der Waals surface area contributed by atoms with Crippen molar-refractivity contribution in [3.05, 3.63) is 50.6 Å². The first-order valence-electron chi connectivity index (χ1n) is 8.00. The Morgan fingerprint density at radius 2 is 1.80 bits per heavy atom. The van der Waals surface area contributed by atoms with Crippen molar-refractivity contribution in [2.45, 2.75) is 32.9 Å². The number of halogens is 1. The van der Waals surface area contributed by atoms with Gasteiger partial charge in [-0.1, -0.05) is 12.1 Å². The molecular formula is C18H21BrN2O3S. The van der Waals surface area contributed by atoms with Crippen LogP contribution in [0, 0.1) is 0 Å². The SMILES string of the molecule is CCOc1ccc(C(C)NC(=O)C(C)NC(=O)c2ccc(Br)s2)cc1. The lowest BCUT2D eigenvalue weighted by atomic mass is 10.1. The first-order chi connectivity index (χ1) is 11.9. The Hall–Kier alpha value is -1.86. The van der Waals surface area contributed by atoms with E-state index in [0.717, 1.165) is 15.1 Å². The molecule has 0 saturated carbocycles. The van der Waals surface area contributed by atoms with Gasteiger partial charge < -0.3 is 15.4 Å². The second-order valence-electron chi connectivity index (χ2n) is 5.53. The molecule has 1 aromatic carbocycles. The quantitative estimate of drug-likeness (QED) is 0.707. The van der Waals surface area contributed by atoms with Crippen molar-refractivity contribution >= 4 is 39.1 Å². The Morgan fingerprint density at radius 1 is 1.12 bits per heavy atom. The van der Waals surface area contributed by atoms with E-state index in [1.165, 1.54) is 11.3 Å². The molecule has 2 N–H and O–H groups in total. The van der Waals surface area contributed by atoms with Gasteiger partial charge >= 0.3 is 0 Å². The summed E-state index contributed by atoms with van der Waals surface area (Å²) in [7, 11) is 0. The van der Waals surface area contributed by atoms with Crippen LogP contribution in [0.25, 0.3) is 0 Å². The zero-order chi connectivity index (χ0) is 18.4. The summed E-state index contributed by atoms with van der Waals surface area (Å²) in [6.45, 7) is 6.12. The predicted octanol–water partition coefficient (Wildman–Crippen LogP) is 3.91. The van der Waals surface area contributed by atoms with E-state index in [2.05, 4.69) is 26.6 Å². The second-order valence-corrected chi connectivity index (χ2v) is 7.99. The molecule has 1 heterocycles. The molecule has 2 unspecified atom stereocenters. The van der Waals surface area contributed by atoms with Crippen molar-refractivity contribution in [1.82, 2.24) is 10.6 Å². The van der Waals surface area contributed by atoms with E-state index in [-0.39, 0.29) is 17.9 Å². The van der Waals surface area contributed by atoms with Gasteiger partial charge in [-0.2, -0.15) is 0 Å². The third-order valence-electron chi connectivity index (χ3n) is 3.59. The number of nitrogens with one attached hydrogen (secondary N) is 2. The first-order valence-corrected chi connectivity index (χ1v) is 9.61. The van der Waals surface area contributed by atoms with E-state index >= 15 is 0 Å². The smallest absolute Gasteiger partial charge is 0.262 e. The number of amides is 2. The summed E-state index contributed by atoms with van der Waals surface area (Å²) in [5, 5.41) is 5.62. The van der Waals surface area contributed by atoms with Gasteiger partial charge in [0.25, 0.3) is 5.91 Å². The van der Waals surface area contributed by atoms with Crippen molar-refractivity contribution in [3.63, 3.8) is 0 Å². The van der Waals surface area contributed by atoms with E-state index in [1.807, 2.05) is 38.1 Å². The topological polar surface area (TPSA) is 67.4 Å². The molecule has 0 bridgehead atoms. The molecule has 2 rings (SSSR count). The highest BCUT2D eigenvalue weighted by Gasteiger charge is 2.19. The van der Waals surface area contributed by atoms with E-state index in [9.17, 15) is 9.59 Å². The van der Waals surface area contributed by atoms with Gasteiger partial charge in [0.15, 0.2) is 0 Å². The summed E-state index contributed by atoms with van der Waals surface area (Å²) in [6, 6.07) is 10.3. The van der Waals surface area contributed by atoms with E-state index in [0.29, 0.717) is 11.5 Å². The van der Waals surface area contributed by atoms with Crippen LogP contribution < -0.4 is 15.4 Å². The van der Waals surface area contributed by atoms with Crippen molar-refractivity contribution in [1.29, 1.82) is 0 Å². The maximum Gasteiger partial charge on any atom is 0.262 e. The number of hydrogen-bond acceptors (Lipinski definition) is 4. The molecule has 0 aliphatic rings. The minimum absolute atomic E-state index is 0.168. The van der Waals surface area contributed by atoms with Crippen molar-refractivity contribution in [2.75, 3.05) is 6.61 Å². The van der Waals surface area contributed by atoms with Gasteiger partial charge in [-0.05, 0) is 66.5 Å². The van der Waals surface area contributed by atoms with Crippen LogP contribution in [0.2, 0.25) is 0 Å². The molecule has 0 aliphatic carbocycles. The average molecular weight is 425 g/mol. The fraction of sp³-hybridized carbons (Fsp3) is 0.333. The number of hydrogen-bond donors (Lipinski definition) is 2. The molecule has 25 heavy (non-hydrogen) atoms. The molecule has 0 aliphatic heterocycles. The molecule has 2 amide bonds. The van der Waals surface area contributed by atoms with E-state index in [1.54, 1.807) is 19.1 Å². The van der Waals surface area contributed by atoms with Crippen molar-refractivity contribution in [2.24, 2.45) is 0 Å². The van der Waals surface area contributed by atoms with E-state index < -0.39 is 6.04 Å². The zero-order valence-corrected chi connectivity index (χ0v) is 16.7. The molecule has 0 radical (unpaired) electrons. The molecule has 134 valence electrons. The van der Waals surface area contributed by atoms with Crippen LogP contribution >= 0.6 is 27.3 Å². The van der Waals surface area contributed by atoms with Gasteiger partial charge in [-0.15, -0.1) is 11.3 Å². The highest BCUT2D eigenvalue weighted by Crippen LogP contribution is 2.22. The summed E-state index contributed by atoms with van der Waals surface area (Å²) in [6.07, 6.45) is 0. The molecule has 0 saturated heterocycles. The predicted molar refractivity (Wildman–Crippen MR) is 103 cm³/mol. The molecule has 2 aromatic rings. The third kappa shape index (κ3) is 5.57. The first kappa shape index (κ1) is 19.5. The molecule has 2 atom stereocenters. The summed E-state index contributed by atoms with van der Waals surface area (Å²) in [4.78, 5) is 25.0. The lowest BCUT2D eigenvalue weighted by Crippen LogP contribution is -2.45. The van der Waals surface area contributed by atoms with Crippen molar-refractivity contribution < 1.29 is 14.3 Å². The number of ether oxygens (including phenoxy) is 1. The normalized spacial score (nSPS) is 13.0. The van der Waals surface area contributed by atoms with Crippen LogP contribution in [0.4, 0.5) is 0 Å². The number of rotatable bonds is 7. The Labute approximate surface area is 159 Å². The Balaban J connectivity index is 1.90. The van der Waals surface area contributed by atoms with Crippen molar-refractivity contribution in [3.8, 4) is 5.75 Å². The van der Waals surface area contributed by atoms with Gasteiger partial charge in [-0.3, -0.25) is 9.59 Å². The van der Waals surface area contributed by atoms with Gasteiger partial charge in [0, 0.05) is 0 Å². The Bertz CT molecular complexity index is 730. The zero-order valence-electron chi connectivity index (χ0n) is 14.3. The summed E-state index contributed by atoms with van der Waals surface area (Å²) in [5.74, 6) is 0.310. The highest BCUT2D eigenvalue weighted by atomic mass is 79.9. The van der Waals surface area contributed by atoms with Crippen LogP contribution in [-0.2, 0) is 4.79 Å². The van der Waals surface area contributed by atoms with E-state index in [4.69, 9.17) is 4.74 Å². The van der Waals surface area contributed by atoms with Gasteiger partial charge in [0.2, 0.25) is 5.91 Å². The minimum atomic E-state index is -0.626. The molecule has 5 nitrogen and oxygen atoms in total. The lowest BCUT2D eigenvalue weighted by Gasteiger charge is -2.19. The summed E-state index contributed by atoms with van der Waals surface area (Å²) in [5.41, 5.74) is 0.970. The molecule has 0 fully saturated rings. The standard InChI is InChI=1S/C18H21BrN2O3S/c1-4-24-14-7-5-13(6-8-14)11(2)20-17(22)12(3)21-18(23)15-9-10-16(19)25-15/h5-12H,4H2,1-3H3,(H,20,22)(H,21,23). The lowest BCUT2D eigenvalue weighted by molar-refractivity contribution is -0.123. The van der Waals surface area contributed by atoms with Gasteiger partial charge in [0.1, 0.15) is 11.8 Å². The third-order valence-corrected chi connectivity index (χ3v) is 5.21. The summed E-state index contributed by atoms with van der Waals surface area (Å²) < 4.78 is 6.28. The Morgan fingerprint density at radius 3 is 2.36 bits per heavy atom. The fourth-order valence-corrected chi connectivity index (χ4v) is 3.50. The molecular weight excluding hydrogens is 404 g/mol. The maximum atomic E-state index is 12.3. The maximum absolute atomic E-state index is 12.3.